The second-order valence-electron chi connectivity index (χ2n) is 7.31. The largest absolute Gasteiger partial charge is 0.483 e. The van der Waals surface area contributed by atoms with E-state index >= 15 is 0 Å². The number of carbonyl (C=O) groups is 1. The van der Waals surface area contributed by atoms with Gasteiger partial charge in [-0.3, -0.25) is 10.1 Å². The number of carbonyl (C=O) groups excluding carboxylic acids is 1. The van der Waals surface area contributed by atoms with E-state index in [4.69, 9.17) is 9.47 Å². The van der Waals surface area contributed by atoms with Crippen molar-refractivity contribution < 1.29 is 14.3 Å². The molecule has 1 amide bonds. The maximum absolute atomic E-state index is 12.5. The lowest BCUT2D eigenvalue weighted by molar-refractivity contribution is -0.118. The second kappa shape index (κ2) is 8.86. The van der Waals surface area contributed by atoms with E-state index in [1.54, 1.807) is 7.11 Å². The fourth-order valence-electron chi connectivity index (χ4n) is 3.74. The molecule has 2 N–H and O–H groups in total. The Morgan fingerprint density at radius 1 is 1.16 bits per heavy atom. The number of hydrogen-bond donors (Lipinski definition) is 2. The highest BCUT2D eigenvalue weighted by Gasteiger charge is 2.13. The number of fused-ring (bicyclic) bond motifs is 2. The number of hydrogen-bond acceptors (Lipinski definition) is 5. The minimum Gasteiger partial charge on any atom is -0.483 e. The molecule has 3 aromatic heterocycles. The van der Waals surface area contributed by atoms with Crippen molar-refractivity contribution in [1.29, 1.82) is 0 Å². The van der Waals surface area contributed by atoms with Crippen molar-refractivity contribution in [2.24, 2.45) is 0 Å². The number of aromatic amines is 1. The van der Waals surface area contributed by atoms with Gasteiger partial charge in [0.1, 0.15) is 5.75 Å². The first kappa shape index (κ1) is 20.3. The number of ether oxygens (including phenoxy) is 2. The molecule has 0 radical (unpaired) electrons. The Morgan fingerprint density at radius 3 is 2.97 bits per heavy atom. The van der Waals surface area contributed by atoms with E-state index < -0.39 is 0 Å². The molecular weight excluding hydrogens is 424 g/mol. The van der Waals surface area contributed by atoms with Crippen LogP contribution in [0, 0.1) is 0 Å². The van der Waals surface area contributed by atoms with Gasteiger partial charge in [0.25, 0.3) is 5.91 Å². The van der Waals surface area contributed by atoms with Crippen LogP contribution < -0.4 is 10.1 Å². The summed E-state index contributed by atoms with van der Waals surface area (Å²) in [4.78, 5) is 20.3. The average molecular weight is 447 g/mol. The molecule has 0 saturated carbocycles. The zero-order valence-corrected chi connectivity index (χ0v) is 18.3. The summed E-state index contributed by atoms with van der Waals surface area (Å²) in [5.41, 5.74) is 3.94. The van der Waals surface area contributed by atoms with Crippen LogP contribution in [0.1, 0.15) is 0 Å². The highest BCUT2D eigenvalue weighted by Crippen LogP contribution is 2.31. The molecule has 162 valence electrons. The first-order valence-electron chi connectivity index (χ1n) is 10.2. The number of methoxy groups -OCH3 is 1. The molecule has 0 aliphatic heterocycles. The standard InChI is InChI=1S/C24H22N4O3S/c1-30-12-11-28-10-9-17-21(28)7-4-8-22(17)31-14-23(29)27-24-26-20(15-32-24)18-13-25-19-6-3-2-5-16(18)19/h2-10,13,15,25H,11-12,14H2,1H3,(H,26,27,29). The summed E-state index contributed by atoms with van der Waals surface area (Å²) in [6.45, 7) is 1.29. The van der Waals surface area contributed by atoms with Crippen LogP contribution >= 0.6 is 11.3 Å². The van der Waals surface area contributed by atoms with E-state index in [9.17, 15) is 4.79 Å². The molecule has 5 rings (SSSR count). The lowest BCUT2D eigenvalue weighted by Crippen LogP contribution is -2.20. The van der Waals surface area contributed by atoms with E-state index in [1.165, 1.54) is 11.3 Å². The number of nitrogens with zero attached hydrogens (tertiary/aromatic N) is 2. The Labute approximate surface area is 188 Å². The number of anilines is 1. The maximum Gasteiger partial charge on any atom is 0.264 e. The highest BCUT2D eigenvalue weighted by molar-refractivity contribution is 7.14. The van der Waals surface area contributed by atoms with Crippen LogP contribution in [0.25, 0.3) is 33.1 Å². The van der Waals surface area contributed by atoms with Crippen molar-refractivity contribution in [2.75, 3.05) is 25.6 Å². The van der Waals surface area contributed by atoms with Crippen molar-refractivity contribution in [3.63, 3.8) is 0 Å². The van der Waals surface area contributed by atoms with Crippen molar-refractivity contribution >= 4 is 44.2 Å². The first-order chi connectivity index (χ1) is 15.7. The maximum atomic E-state index is 12.5. The number of nitrogens with one attached hydrogen (secondary N) is 2. The second-order valence-corrected chi connectivity index (χ2v) is 8.17. The normalized spacial score (nSPS) is 11.3. The van der Waals surface area contributed by atoms with Gasteiger partial charge < -0.3 is 19.0 Å². The number of para-hydroxylation sites is 1. The van der Waals surface area contributed by atoms with Crippen molar-refractivity contribution in [3.05, 3.63) is 66.3 Å². The SMILES string of the molecule is COCCn1ccc2c(OCC(=O)Nc3nc(-c4c[nH]c5ccccc45)cs3)cccc21. The molecule has 0 spiro atoms. The monoisotopic (exact) mass is 446 g/mol. The lowest BCUT2D eigenvalue weighted by Gasteiger charge is -2.09. The zero-order valence-electron chi connectivity index (χ0n) is 17.5. The van der Waals surface area contributed by atoms with Crippen molar-refractivity contribution in [2.45, 2.75) is 6.54 Å². The smallest absolute Gasteiger partial charge is 0.264 e. The van der Waals surface area contributed by atoms with Crippen LogP contribution in [-0.4, -0.2) is 40.8 Å². The van der Waals surface area contributed by atoms with Crippen molar-refractivity contribution in [3.8, 4) is 17.0 Å². The Hall–Kier alpha value is -3.62. The third-order valence-corrected chi connectivity index (χ3v) is 6.04. The quantitative estimate of drug-likeness (QED) is 0.355. The van der Waals surface area contributed by atoms with E-state index in [1.807, 2.05) is 60.2 Å². The third-order valence-electron chi connectivity index (χ3n) is 5.28. The minimum absolute atomic E-state index is 0.0929. The summed E-state index contributed by atoms with van der Waals surface area (Å²) in [6.07, 6.45) is 3.94. The molecular formula is C24H22N4O3S. The third kappa shape index (κ3) is 3.98. The van der Waals surface area contributed by atoms with E-state index in [2.05, 4.69) is 25.9 Å². The van der Waals surface area contributed by atoms with Gasteiger partial charge in [-0.05, 0) is 24.3 Å². The zero-order chi connectivity index (χ0) is 21.9. The van der Waals surface area contributed by atoms with Crippen LogP contribution in [0.3, 0.4) is 0 Å². The number of aromatic nitrogens is 3. The average Bonchev–Trinajstić information content (AvgIpc) is 3.54. The van der Waals surface area contributed by atoms with Crippen LogP contribution in [0.5, 0.6) is 5.75 Å². The lowest BCUT2D eigenvalue weighted by atomic mass is 10.1. The molecule has 0 unspecified atom stereocenters. The summed E-state index contributed by atoms with van der Waals surface area (Å²) in [7, 11) is 1.69. The van der Waals surface area contributed by atoms with Crippen molar-refractivity contribution in [1.82, 2.24) is 14.5 Å². The summed E-state index contributed by atoms with van der Waals surface area (Å²) in [5.74, 6) is 0.424. The molecule has 0 saturated heterocycles. The predicted molar refractivity (Wildman–Crippen MR) is 127 cm³/mol. The molecule has 7 nitrogen and oxygen atoms in total. The van der Waals surface area contributed by atoms with Crippen LogP contribution in [0.15, 0.2) is 66.3 Å². The highest BCUT2D eigenvalue weighted by atomic mass is 32.1. The number of benzene rings is 2. The Balaban J connectivity index is 1.25. The van der Waals surface area contributed by atoms with Crippen LogP contribution in [-0.2, 0) is 16.1 Å². The van der Waals surface area contributed by atoms with Gasteiger partial charge in [0.2, 0.25) is 0 Å². The van der Waals surface area contributed by atoms with Gasteiger partial charge >= 0.3 is 0 Å². The molecule has 32 heavy (non-hydrogen) atoms. The van der Waals surface area contributed by atoms with Crippen LogP contribution in [0.2, 0.25) is 0 Å². The van der Waals surface area contributed by atoms with Gasteiger partial charge in [-0.1, -0.05) is 24.3 Å². The van der Waals surface area contributed by atoms with Gasteiger partial charge in [-0.25, -0.2) is 4.98 Å². The fourth-order valence-corrected chi connectivity index (χ4v) is 4.47. The number of thiazole rings is 1. The summed E-state index contributed by atoms with van der Waals surface area (Å²) in [5, 5.41) is 7.39. The van der Waals surface area contributed by atoms with E-state index in [-0.39, 0.29) is 12.5 Å². The minimum atomic E-state index is -0.249. The molecule has 0 atom stereocenters. The molecule has 5 aromatic rings. The Morgan fingerprint density at radius 2 is 2.06 bits per heavy atom. The van der Waals surface area contributed by atoms with Gasteiger partial charge in [-0.2, -0.15) is 0 Å². The summed E-state index contributed by atoms with van der Waals surface area (Å²) in [6, 6.07) is 15.9. The molecule has 3 heterocycles. The van der Waals surface area contributed by atoms with Crippen LogP contribution in [0.4, 0.5) is 5.13 Å². The van der Waals surface area contributed by atoms with Gasteiger partial charge in [-0.15, -0.1) is 11.3 Å². The number of H-pyrrole nitrogens is 1. The molecule has 0 aliphatic rings. The Bertz CT molecular complexity index is 1380. The first-order valence-corrected chi connectivity index (χ1v) is 11.1. The summed E-state index contributed by atoms with van der Waals surface area (Å²) >= 11 is 1.39. The Kier molecular flexibility index (Phi) is 5.62. The molecule has 8 heteroatoms. The summed E-state index contributed by atoms with van der Waals surface area (Å²) < 4.78 is 13.1. The molecule has 0 fully saturated rings. The fraction of sp³-hybridized carbons (Fsp3) is 0.167. The topological polar surface area (TPSA) is 81.2 Å². The molecule has 2 aromatic carbocycles. The van der Waals surface area contributed by atoms with E-state index in [0.717, 1.165) is 39.6 Å². The van der Waals surface area contributed by atoms with Gasteiger partial charge in [0, 0.05) is 53.3 Å². The predicted octanol–water partition coefficient (Wildman–Crippen LogP) is 4.91. The van der Waals surface area contributed by atoms with Gasteiger partial charge in [0.05, 0.1) is 17.8 Å². The number of rotatable bonds is 8. The van der Waals surface area contributed by atoms with Gasteiger partial charge in [0.15, 0.2) is 11.7 Å². The molecule has 0 aliphatic carbocycles. The number of amides is 1. The molecule has 0 bridgehead atoms. The van der Waals surface area contributed by atoms with E-state index in [0.29, 0.717) is 17.5 Å².